The molecular weight excluding hydrogens is 392 g/mol. The van der Waals surface area contributed by atoms with Crippen molar-refractivity contribution in [2.75, 3.05) is 5.32 Å². The number of carbonyl (C=O) groups is 2. The second-order valence-electron chi connectivity index (χ2n) is 6.35. The molecule has 0 aliphatic carbocycles. The van der Waals surface area contributed by atoms with Gasteiger partial charge in [-0.15, -0.1) is 0 Å². The van der Waals surface area contributed by atoms with E-state index >= 15 is 0 Å². The van der Waals surface area contributed by atoms with Crippen LogP contribution in [-0.2, 0) is 14.8 Å². The molecule has 150 valence electrons. The van der Waals surface area contributed by atoms with Gasteiger partial charge in [0.05, 0.1) is 4.90 Å². The Hall–Kier alpha value is -2.85. The lowest BCUT2D eigenvalue weighted by molar-refractivity contribution is -0.118. The summed E-state index contributed by atoms with van der Waals surface area (Å²) in [5.74, 6) is -4.31. The van der Waals surface area contributed by atoms with Crippen LogP contribution in [0.3, 0.4) is 0 Å². The molecule has 7 nitrogen and oxygen atoms in total. The van der Waals surface area contributed by atoms with Crippen LogP contribution in [0.25, 0.3) is 0 Å². The van der Waals surface area contributed by atoms with E-state index in [-0.39, 0.29) is 10.6 Å². The normalized spacial score (nSPS) is 12.5. The van der Waals surface area contributed by atoms with E-state index in [1.54, 1.807) is 13.8 Å². The van der Waals surface area contributed by atoms with Gasteiger partial charge in [0.1, 0.15) is 23.2 Å². The summed E-state index contributed by atoms with van der Waals surface area (Å²) in [6.45, 7) is 3.26. The van der Waals surface area contributed by atoms with Crippen molar-refractivity contribution in [3.8, 4) is 0 Å². The number of carbonyl (C=O) groups excluding carboxylic acids is 2. The van der Waals surface area contributed by atoms with Crippen molar-refractivity contribution in [3.63, 3.8) is 0 Å². The standard InChI is InChI=1S/C18H19F2N3O4S/c1-10(2)16(23-17(24)15-13(19)7-4-8-14(15)20)18(25)22-11-5-3-6-12(9-11)28(21,26)27/h3-10,16H,1-2H3,(H,22,25)(H,23,24)(H2,21,26,27)/t16-/m1/s1. The Bertz CT molecular complexity index is 989. The van der Waals surface area contributed by atoms with Gasteiger partial charge < -0.3 is 10.6 Å². The van der Waals surface area contributed by atoms with Crippen molar-refractivity contribution < 1.29 is 26.8 Å². The first-order chi connectivity index (χ1) is 13.0. The maximum Gasteiger partial charge on any atom is 0.257 e. The minimum atomic E-state index is -3.97. The zero-order valence-corrected chi connectivity index (χ0v) is 15.9. The molecule has 10 heteroatoms. The number of rotatable bonds is 6. The summed E-state index contributed by atoms with van der Waals surface area (Å²) in [7, 11) is -3.97. The number of hydrogen-bond acceptors (Lipinski definition) is 4. The second kappa shape index (κ2) is 8.44. The fraction of sp³-hybridized carbons (Fsp3) is 0.222. The maximum absolute atomic E-state index is 13.8. The van der Waals surface area contributed by atoms with Crippen LogP contribution in [0.5, 0.6) is 0 Å². The lowest BCUT2D eigenvalue weighted by Gasteiger charge is -2.22. The number of nitrogens with one attached hydrogen (secondary N) is 2. The average molecular weight is 411 g/mol. The summed E-state index contributed by atoms with van der Waals surface area (Å²) in [6, 6.07) is 7.07. The highest BCUT2D eigenvalue weighted by Crippen LogP contribution is 2.17. The van der Waals surface area contributed by atoms with Crippen LogP contribution in [-0.4, -0.2) is 26.3 Å². The van der Waals surface area contributed by atoms with Gasteiger partial charge in [-0.25, -0.2) is 22.3 Å². The molecule has 0 radical (unpaired) electrons. The fourth-order valence-corrected chi connectivity index (χ4v) is 2.99. The number of primary sulfonamides is 1. The molecule has 0 spiro atoms. The molecule has 0 saturated carbocycles. The molecule has 0 aromatic heterocycles. The van der Waals surface area contributed by atoms with Gasteiger partial charge in [0.2, 0.25) is 15.9 Å². The predicted molar refractivity (Wildman–Crippen MR) is 98.9 cm³/mol. The number of halogens is 2. The van der Waals surface area contributed by atoms with Crippen molar-refractivity contribution in [2.45, 2.75) is 24.8 Å². The van der Waals surface area contributed by atoms with Crippen LogP contribution in [0.4, 0.5) is 14.5 Å². The number of benzene rings is 2. The fourth-order valence-electron chi connectivity index (χ4n) is 2.43. The molecule has 0 bridgehead atoms. The molecule has 28 heavy (non-hydrogen) atoms. The highest BCUT2D eigenvalue weighted by molar-refractivity contribution is 7.89. The van der Waals surface area contributed by atoms with Crippen molar-refractivity contribution >= 4 is 27.5 Å². The summed E-state index contributed by atoms with van der Waals surface area (Å²) >= 11 is 0. The first kappa shape index (κ1) is 21.5. The van der Waals surface area contributed by atoms with Crippen LogP contribution in [0.2, 0.25) is 0 Å². The Morgan fingerprint density at radius 3 is 2.14 bits per heavy atom. The van der Waals surface area contributed by atoms with Gasteiger partial charge in [-0.1, -0.05) is 26.0 Å². The molecule has 2 rings (SSSR count). The molecule has 0 saturated heterocycles. The van der Waals surface area contributed by atoms with Gasteiger partial charge in [-0.05, 0) is 36.2 Å². The molecule has 0 unspecified atom stereocenters. The summed E-state index contributed by atoms with van der Waals surface area (Å²) in [5, 5.41) is 9.82. The van der Waals surface area contributed by atoms with Crippen molar-refractivity contribution in [1.29, 1.82) is 0 Å². The summed E-state index contributed by atoms with van der Waals surface area (Å²) in [5.41, 5.74) is -0.661. The highest BCUT2D eigenvalue weighted by Gasteiger charge is 2.27. The molecule has 0 aliphatic rings. The number of nitrogens with two attached hydrogens (primary N) is 1. The van der Waals surface area contributed by atoms with E-state index in [2.05, 4.69) is 10.6 Å². The van der Waals surface area contributed by atoms with Crippen LogP contribution >= 0.6 is 0 Å². The largest absolute Gasteiger partial charge is 0.340 e. The van der Waals surface area contributed by atoms with E-state index in [1.807, 2.05) is 0 Å². The predicted octanol–water partition coefficient (Wildman–Crippen LogP) is 2.01. The van der Waals surface area contributed by atoms with Gasteiger partial charge in [0.25, 0.3) is 5.91 Å². The zero-order chi connectivity index (χ0) is 21.1. The molecular formula is C18H19F2N3O4S. The van der Waals surface area contributed by atoms with Gasteiger partial charge >= 0.3 is 0 Å². The van der Waals surface area contributed by atoms with Gasteiger partial charge in [0.15, 0.2) is 0 Å². The van der Waals surface area contributed by atoms with E-state index in [1.165, 1.54) is 18.2 Å². The molecule has 4 N–H and O–H groups in total. The van der Waals surface area contributed by atoms with Crippen LogP contribution in [0, 0.1) is 17.6 Å². The zero-order valence-electron chi connectivity index (χ0n) is 15.1. The Labute approximate surface area is 161 Å². The first-order valence-electron chi connectivity index (χ1n) is 8.19. The maximum atomic E-state index is 13.8. The lowest BCUT2D eigenvalue weighted by atomic mass is 10.0. The highest BCUT2D eigenvalue weighted by atomic mass is 32.2. The van der Waals surface area contributed by atoms with Crippen molar-refractivity contribution in [1.82, 2.24) is 5.32 Å². The quantitative estimate of drug-likeness (QED) is 0.674. The molecule has 2 aromatic carbocycles. The molecule has 2 amide bonds. The van der Waals surface area contributed by atoms with Crippen molar-refractivity contribution in [3.05, 3.63) is 59.7 Å². The number of sulfonamides is 1. The molecule has 0 fully saturated rings. The van der Waals surface area contributed by atoms with E-state index in [0.717, 1.165) is 24.3 Å². The minimum absolute atomic E-state index is 0.133. The van der Waals surface area contributed by atoms with E-state index < -0.39 is 51.0 Å². The summed E-state index contributed by atoms with van der Waals surface area (Å²) in [4.78, 5) is 24.6. The molecule has 0 aliphatic heterocycles. The minimum Gasteiger partial charge on any atom is -0.340 e. The van der Waals surface area contributed by atoms with Crippen LogP contribution in [0.1, 0.15) is 24.2 Å². The Morgan fingerprint density at radius 1 is 1.04 bits per heavy atom. The second-order valence-corrected chi connectivity index (χ2v) is 7.92. The van der Waals surface area contributed by atoms with Gasteiger partial charge in [-0.3, -0.25) is 9.59 Å². The summed E-state index contributed by atoms with van der Waals surface area (Å²) in [6.07, 6.45) is 0. The Balaban J connectivity index is 2.22. The first-order valence-corrected chi connectivity index (χ1v) is 9.74. The Morgan fingerprint density at radius 2 is 1.61 bits per heavy atom. The average Bonchev–Trinajstić information content (AvgIpc) is 2.58. The van der Waals surface area contributed by atoms with Gasteiger partial charge in [0, 0.05) is 5.69 Å². The van der Waals surface area contributed by atoms with E-state index in [9.17, 15) is 26.8 Å². The lowest BCUT2D eigenvalue weighted by Crippen LogP contribution is -2.47. The van der Waals surface area contributed by atoms with Gasteiger partial charge in [-0.2, -0.15) is 0 Å². The van der Waals surface area contributed by atoms with E-state index in [0.29, 0.717) is 0 Å². The monoisotopic (exact) mass is 411 g/mol. The third-order valence-electron chi connectivity index (χ3n) is 3.86. The van der Waals surface area contributed by atoms with E-state index in [4.69, 9.17) is 5.14 Å². The molecule has 2 aromatic rings. The SMILES string of the molecule is CC(C)[C@@H](NC(=O)c1c(F)cccc1F)C(=O)Nc1cccc(S(N)(=O)=O)c1. The third-order valence-corrected chi connectivity index (χ3v) is 4.77. The number of hydrogen-bond donors (Lipinski definition) is 3. The van der Waals surface area contributed by atoms with Crippen molar-refractivity contribution in [2.24, 2.45) is 11.1 Å². The molecule has 0 heterocycles. The van der Waals surface area contributed by atoms with Crippen LogP contribution in [0.15, 0.2) is 47.4 Å². The third kappa shape index (κ3) is 5.11. The summed E-state index contributed by atoms with van der Waals surface area (Å²) < 4.78 is 50.4. The molecule has 1 atom stereocenters. The Kier molecular flexibility index (Phi) is 6.47. The number of anilines is 1. The smallest absolute Gasteiger partial charge is 0.257 e. The van der Waals surface area contributed by atoms with Crippen LogP contribution < -0.4 is 15.8 Å². The number of amides is 2. The topological polar surface area (TPSA) is 118 Å².